The van der Waals surface area contributed by atoms with Crippen molar-refractivity contribution in [3.8, 4) is 6.01 Å². The molecule has 6 heteroatoms. The molecule has 1 amide bonds. The second-order valence-corrected chi connectivity index (χ2v) is 6.82. The minimum absolute atomic E-state index is 0.121. The van der Waals surface area contributed by atoms with Gasteiger partial charge in [-0.05, 0) is 56.3 Å². The molecule has 4 bridgehead atoms. The van der Waals surface area contributed by atoms with Gasteiger partial charge in [0.2, 0.25) is 11.9 Å². The maximum absolute atomic E-state index is 12.7. The van der Waals surface area contributed by atoms with Crippen molar-refractivity contribution in [2.24, 2.45) is 23.2 Å². The molecule has 1 aromatic heterocycles. The number of nitrogens with zero attached hydrogens (tertiary/aromatic N) is 2. The molecule has 4 aliphatic carbocycles. The monoisotopic (exact) mass is 276 g/mol. The van der Waals surface area contributed by atoms with E-state index in [9.17, 15) is 4.79 Å². The molecule has 1 heterocycles. The molecule has 0 aromatic carbocycles. The zero-order valence-electron chi connectivity index (χ0n) is 11.7. The van der Waals surface area contributed by atoms with Crippen LogP contribution in [-0.2, 0) is 4.79 Å². The summed E-state index contributed by atoms with van der Waals surface area (Å²) in [5.74, 6) is 2.79. The zero-order chi connectivity index (χ0) is 13.7. The number of methoxy groups -OCH3 is 1. The van der Waals surface area contributed by atoms with Crippen molar-refractivity contribution in [1.29, 1.82) is 0 Å². The summed E-state index contributed by atoms with van der Waals surface area (Å²) in [5.41, 5.74) is -0.158. The van der Waals surface area contributed by atoms with Gasteiger partial charge in [0, 0.05) is 0 Å². The lowest BCUT2D eigenvalue weighted by Gasteiger charge is -2.55. The normalized spacial score (nSPS) is 38.0. The van der Waals surface area contributed by atoms with Crippen LogP contribution in [0.15, 0.2) is 0 Å². The number of carbonyl (C=O) groups is 1. The SMILES string of the molecule is COc1n[nH]c(NC(=O)C23CC4CC(CC(C4)C2)C3)n1. The highest BCUT2D eigenvalue weighted by Gasteiger charge is 2.54. The summed E-state index contributed by atoms with van der Waals surface area (Å²) in [5, 5.41) is 9.47. The predicted molar refractivity (Wildman–Crippen MR) is 72.2 cm³/mol. The van der Waals surface area contributed by atoms with Crippen LogP contribution in [0.25, 0.3) is 0 Å². The van der Waals surface area contributed by atoms with Gasteiger partial charge in [0.05, 0.1) is 12.5 Å². The fraction of sp³-hybridized carbons (Fsp3) is 0.786. The van der Waals surface area contributed by atoms with E-state index in [2.05, 4.69) is 20.5 Å². The highest BCUT2D eigenvalue weighted by atomic mass is 16.5. The molecule has 0 saturated heterocycles. The number of carbonyl (C=O) groups excluding carboxylic acids is 1. The smallest absolute Gasteiger partial charge is 0.336 e. The van der Waals surface area contributed by atoms with Crippen molar-refractivity contribution < 1.29 is 9.53 Å². The summed E-state index contributed by atoms with van der Waals surface area (Å²) < 4.78 is 4.92. The maximum Gasteiger partial charge on any atom is 0.336 e. The molecule has 4 aliphatic rings. The van der Waals surface area contributed by atoms with E-state index in [1.165, 1.54) is 26.4 Å². The number of hydrogen-bond donors (Lipinski definition) is 2. The number of H-pyrrole nitrogens is 1. The van der Waals surface area contributed by atoms with Gasteiger partial charge in [0.25, 0.3) is 0 Å². The van der Waals surface area contributed by atoms with Crippen molar-refractivity contribution in [2.75, 3.05) is 12.4 Å². The molecule has 5 rings (SSSR count). The molecule has 6 nitrogen and oxygen atoms in total. The minimum atomic E-state index is -0.158. The Balaban J connectivity index is 1.53. The first-order valence-electron chi connectivity index (χ1n) is 7.45. The summed E-state index contributed by atoms with van der Waals surface area (Å²) in [4.78, 5) is 16.8. The Morgan fingerprint density at radius 1 is 1.25 bits per heavy atom. The van der Waals surface area contributed by atoms with Crippen LogP contribution in [0.3, 0.4) is 0 Å². The summed E-state index contributed by atoms with van der Waals surface area (Å²) >= 11 is 0. The van der Waals surface area contributed by atoms with Crippen molar-refractivity contribution in [3.05, 3.63) is 0 Å². The largest absolute Gasteiger partial charge is 0.466 e. The second-order valence-electron chi connectivity index (χ2n) is 6.82. The first-order chi connectivity index (χ1) is 9.67. The van der Waals surface area contributed by atoms with E-state index in [1.807, 2.05) is 0 Å². The molecule has 108 valence electrons. The number of ether oxygens (including phenoxy) is 1. The standard InChI is InChI=1S/C14H20N4O2/c1-20-13-16-12(17-18-13)15-11(19)14-5-8-2-9(6-14)4-10(3-8)7-14/h8-10H,2-7H2,1H3,(H2,15,16,17,18,19). The summed E-state index contributed by atoms with van der Waals surface area (Å²) in [7, 11) is 1.51. The van der Waals surface area contributed by atoms with E-state index in [-0.39, 0.29) is 17.3 Å². The van der Waals surface area contributed by atoms with E-state index in [0.29, 0.717) is 5.95 Å². The molecule has 4 saturated carbocycles. The number of rotatable bonds is 3. The number of anilines is 1. The molecule has 0 unspecified atom stereocenters. The van der Waals surface area contributed by atoms with Crippen LogP contribution in [-0.4, -0.2) is 28.2 Å². The lowest BCUT2D eigenvalue weighted by Crippen LogP contribution is -2.51. The Morgan fingerprint density at radius 3 is 2.35 bits per heavy atom. The van der Waals surface area contributed by atoms with E-state index in [0.717, 1.165) is 37.0 Å². The zero-order valence-corrected chi connectivity index (χ0v) is 11.7. The van der Waals surface area contributed by atoms with E-state index < -0.39 is 0 Å². The fourth-order valence-electron chi connectivity index (χ4n) is 5.02. The van der Waals surface area contributed by atoms with E-state index >= 15 is 0 Å². The van der Waals surface area contributed by atoms with Gasteiger partial charge in [-0.1, -0.05) is 0 Å². The molecule has 0 radical (unpaired) electrons. The lowest BCUT2D eigenvalue weighted by atomic mass is 9.49. The third-order valence-electron chi connectivity index (χ3n) is 5.40. The van der Waals surface area contributed by atoms with E-state index in [1.54, 1.807) is 0 Å². The molecular formula is C14H20N4O2. The van der Waals surface area contributed by atoms with Gasteiger partial charge < -0.3 is 4.74 Å². The van der Waals surface area contributed by atoms with Crippen LogP contribution in [0.1, 0.15) is 38.5 Å². The van der Waals surface area contributed by atoms with Crippen LogP contribution in [0.4, 0.5) is 5.95 Å². The highest BCUT2D eigenvalue weighted by Crippen LogP contribution is 2.60. The Hall–Kier alpha value is -1.59. The van der Waals surface area contributed by atoms with Crippen LogP contribution in [0.5, 0.6) is 6.01 Å². The highest BCUT2D eigenvalue weighted by molar-refractivity contribution is 5.94. The number of amides is 1. The molecule has 20 heavy (non-hydrogen) atoms. The van der Waals surface area contributed by atoms with Gasteiger partial charge in [0.1, 0.15) is 0 Å². The summed E-state index contributed by atoms with van der Waals surface area (Å²) in [6.07, 6.45) is 7.16. The molecular weight excluding hydrogens is 256 g/mol. The van der Waals surface area contributed by atoms with Crippen LogP contribution in [0, 0.1) is 23.2 Å². The third kappa shape index (κ3) is 1.81. The van der Waals surface area contributed by atoms with Crippen LogP contribution < -0.4 is 10.1 Å². The third-order valence-corrected chi connectivity index (χ3v) is 5.40. The molecule has 0 spiro atoms. The number of aromatic amines is 1. The molecule has 1 aromatic rings. The minimum Gasteiger partial charge on any atom is -0.466 e. The molecule has 4 fully saturated rings. The Bertz CT molecular complexity index is 504. The van der Waals surface area contributed by atoms with Crippen molar-refractivity contribution in [2.45, 2.75) is 38.5 Å². The Labute approximate surface area is 117 Å². The summed E-state index contributed by atoms with van der Waals surface area (Å²) in [6.45, 7) is 0. The van der Waals surface area contributed by atoms with E-state index in [4.69, 9.17) is 4.74 Å². The number of hydrogen-bond acceptors (Lipinski definition) is 4. The number of aromatic nitrogens is 3. The Morgan fingerprint density at radius 2 is 1.85 bits per heavy atom. The van der Waals surface area contributed by atoms with Crippen LogP contribution in [0.2, 0.25) is 0 Å². The average Bonchev–Trinajstić information content (AvgIpc) is 2.85. The van der Waals surface area contributed by atoms with Gasteiger partial charge in [0.15, 0.2) is 0 Å². The Kier molecular flexibility index (Phi) is 2.56. The van der Waals surface area contributed by atoms with Gasteiger partial charge >= 0.3 is 6.01 Å². The van der Waals surface area contributed by atoms with Gasteiger partial charge in [-0.15, -0.1) is 5.10 Å². The number of nitrogens with one attached hydrogen (secondary N) is 2. The molecule has 2 N–H and O–H groups in total. The predicted octanol–water partition coefficient (Wildman–Crippen LogP) is 1.97. The van der Waals surface area contributed by atoms with Crippen molar-refractivity contribution in [3.63, 3.8) is 0 Å². The first kappa shape index (κ1) is 12.2. The van der Waals surface area contributed by atoms with Crippen LogP contribution >= 0.6 is 0 Å². The van der Waals surface area contributed by atoms with Crippen molar-refractivity contribution in [1.82, 2.24) is 15.2 Å². The van der Waals surface area contributed by atoms with Gasteiger partial charge in [-0.3, -0.25) is 10.1 Å². The van der Waals surface area contributed by atoms with Gasteiger partial charge in [-0.2, -0.15) is 4.98 Å². The lowest BCUT2D eigenvalue weighted by molar-refractivity contribution is -0.140. The second kappa shape index (κ2) is 4.20. The fourth-order valence-corrected chi connectivity index (χ4v) is 5.02. The van der Waals surface area contributed by atoms with Crippen molar-refractivity contribution >= 4 is 11.9 Å². The topological polar surface area (TPSA) is 79.9 Å². The molecule has 0 atom stereocenters. The average molecular weight is 276 g/mol. The quantitative estimate of drug-likeness (QED) is 0.884. The van der Waals surface area contributed by atoms with Gasteiger partial charge in [-0.25, -0.2) is 5.10 Å². The summed E-state index contributed by atoms with van der Waals surface area (Å²) in [6, 6.07) is 0.255. The first-order valence-corrected chi connectivity index (χ1v) is 7.45. The molecule has 0 aliphatic heterocycles. The maximum atomic E-state index is 12.7.